The molecule has 158 valence electrons. The minimum atomic E-state index is -0.0568. The molecule has 2 aliphatic carbocycles. The smallest absolute Gasteiger partial charge is 0.321 e. The number of nitrogens with one attached hydrogen (secondary N) is 1. The van der Waals surface area contributed by atoms with E-state index >= 15 is 0 Å². The Bertz CT molecular complexity index is 702. The molecule has 0 radical (unpaired) electrons. The zero-order chi connectivity index (χ0) is 20.2. The lowest BCUT2D eigenvalue weighted by Gasteiger charge is -2.35. The number of pyridine rings is 1. The van der Waals surface area contributed by atoms with Crippen molar-refractivity contribution in [3.8, 4) is 0 Å². The lowest BCUT2D eigenvalue weighted by Crippen LogP contribution is -2.49. The van der Waals surface area contributed by atoms with Gasteiger partial charge in [-0.25, -0.2) is 9.78 Å². The number of anilines is 2. The maximum Gasteiger partial charge on any atom is 0.321 e. The van der Waals surface area contributed by atoms with Gasteiger partial charge in [-0.2, -0.15) is 0 Å². The van der Waals surface area contributed by atoms with Crippen LogP contribution in [0.1, 0.15) is 51.4 Å². The third-order valence-corrected chi connectivity index (χ3v) is 6.53. The van der Waals surface area contributed by atoms with Crippen LogP contribution in [0.3, 0.4) is 0 Å². The molecule has 1 N–H and O–H groups in total. The Morgan fingerprint density at radius 2 is 1.69 bits per heavy atom. The zero-order valence-electron chi connectivity index (χ0n) is 17.5. The second-order valence-electron chi connectivity index (χ2n) is 8.68. The number of urea groups is 1. The number of aromatic nitrogens is 1. The SMILES string of the molecule is CN(C(=O)Nc1ccc(N2CCN(C(=O)C3CC3)CC2)nc1)C1CCCCCC1. The number of carbonyl (C=O) groups is 2. The molecule has 0 spiro atoms. The molecule has 7 heteroatoms. The van der Waals surface area contributed by atoms with Gasteiger partial charge in [-0.1, -0.05) is 25.7 Å². The zero-order valence-corrected chi connectivity index (χ0v) is 17.5. The van der Waals surface area contributed by atoms with Crippen LogP contribution in [0, 0.1) is 5.92 Å². The fraction of sp³-hybridized carbons (Fsp3) is 0.682. The van der Waals surface area contributed by atoms with Crippen LogP contribution < -0.4 is 10.2 Å². The molecule has 3 amide bonds. The molecule has 1 aromatic rings. The van der Waals surface area contributed by atoms with Crippen LogP contribution in [-0.2, 0) is 4.79 Å². The maximum absolute atomic E-state index is 12.6. The molecule has 2 saturated carbocycles. The Kier molecular flexibility index (Phi) is 6.21. The fourth-order valence-corrected chi connectivity index (χ4v) is 4.41. The van der Waals surface area contributed by atoms with Gasteiger partial charge < -0.3 is 20.0 Å². The van der Waals surface area contributed by atoms with Gasteiger partial charge >= 0.3 is 6.03 Å². The highest BCUT2D eigenvalue weighted by atomic mass is 16.2. The lowest BCUT2D eigenvalue weighted by atomic mass is 10.1. The highest BCUT2D eigenvalue weighted by Crippen LogP contribution is 2.31. The third kappa shape index (κ3) is 5.00. The Morgan fingerprint density at radius 3 is 2.28 bits per heavy atom. The van der Waals surface area contributed by atoms with Crippen molar-refractivity contribution in [2.75, 3.05) is 43.4 Å². The van der Waals surface area contributed by atoms with Crippen LogP contribution in [0.15, 0.2) is 18.3 Å². The molecule has 1 saturated heterocycles. The van der Waals surface area contributed by atoms with E-state index in [1.54, 1.807) is 6.20 Å². The van der Waals surface area contributed by atoms with E-state index in [1.807, 2.05) is 29.0 Å². The molecule has 3 fully saturated rings. The first-order chi connectivity index (χ1) is 14.1. The van der Waals surface area contributed by atoms with Gasteiger partial charge in [-0.05, 0) is 37.8 Å². The largest absolute Gasteiger partial charge is 0.353 e. The standard InChI is InChI=1S/C22H33N5O2/c1-25(19-6-4-2-3-5-7-19)22(29)24-18-10-11-20(23-16-18)26-12-14-27(15-13-26)21(28)17-8-9-17/h10-11,16-17,19H,2-9,12-15H2,1H3,(H,24,29). The van der Waals surface area contributed by atoms with E-state index < -0.39 is 0 Å². The Labute approximate surface area is 173 Å². The number of rotatable bonds is 4. The molecular formula is C22H33N5O2. The number of hydrogen-bond acceptors (Lipinski definition) is 4. The number of hydrogen-bond donors (Lipinski definition) is 1. The highest BCUT2D eigenvalue weighted by Gasteiger charge is 2.34. The average molecular weight is 400 g/mol. The summed E-state index contributed by atoms with van der Waals surface area (Å²) in [5, 5.41) is 2.98. The molecule has 1 aromatic heterocycles. The van der Waals surface area contributed by atoms with Gasteiger partial charge in [-0.15, -0.1) is 0 Å². The van der Waals surface area contributed by atoms with Gasteiger partial charge in [0.05, 0.1) is 11.9 Å². The minimum Gasteiger partial charge on any atom is -0.353 e. The van der Waals surface area contributed by atoms with Gasteiger partial charge in [0.15, 0.2) is 0 Å². The number of carbonyl (C=O) groups excluding carboxylic acids is 2. The first-order valence-electron chi connectivity index (χ1n) is 11.2. The van der Waals surface area contributed by atoms with Crippen LogP contribution in [-0.4, -0.2) is 66.0 Å². The summed E-state index contributed by atoms with van der Waals surface area (Å²) in [6.07, 6.45) is 11.0. The molecule has 0 unspecified atom stereocenters. The number of piperazine rings is 1. The Morgan fingerprint density at radius 1 is 1.00 bits per heavy atom. The van der Waals surface area contributed by atoms with E-state index in [1.165, 1.54) is 25.7 Å². The van der Waals surface area contributed by atoms with Crippen molar-refractivity contribution in [3.63, 3.8) is 0 Å². The van der Waals surface area contributed by atoms with Crippen molar-refractivity contribution in [1.29, 1.82) is 0 Å². The normalized spacial score (nSPS) is 20.9. The summed E-state index contributed by atoms with van der Waals surface area (Å²) in [7, 11) is 1.90. The van der Waals surface area contributed by atoms with Gasteiger partial charge in [0.1, 0.15) is 5.82 Å². The van der Waals surface area contributed by atoms with Gasteiger partial charge in [-0.3, -0.25) is 4.79 Å². The predicted molar refractivity (Wildman–Crippen MR) is 114 cm³/mol. The van der Waals surface area contributed by atoms with E-state index in [2.05, 4.69) is 15.2 Å². The topological polar surface area (TPSA) is 68.8 Å². The molecule has 0 aromatic carbocycles. The molecule has 3 aliphatic rings. The second-order valence-corrected chi connectivity index (χ2v) is 8.68. The van der Waals surface area contributed by atoms with Crippen LogP contribution in [0.25, 0.3) is 0 Å². The quantitative estimate of drug-likeness (QED) is 0.789. The fourth-order valence-electron chi connectivity index (χ4n) is 4.41. The van der Waals surface area contributed by atoms with Crippen LogP contribution in [0.4, 0.5) is 16.3 Å². The molecular weight excluding hydrogens is 366 g/mol. The molecule has 1 aliphatic heterocycles. The summed E-state index contributed by atoms with van der Waals surface area (Å²) >= 11 is 0. The Balaban J connectivity index is 1.27. The van der Waals surface area contributed by atoms with Crippen molar-refractivity contribution in [3.05, 3.63) is 18.3 Å². The van der Waals surface area contributed by atoms with E-state index in [0.29, 0.717) is 17.9 Å². The Hall–Kier alpha value is -2.31. The minimum absolute atomic E-state index is 0.0568. The predicted octanol–water partition coefficient (Wildman–Crippen LogP) is 3.33. The molecule has 7 nitrogen and oxygen atoms in total. The summed E-state index contributed by atoms with van der Waals surface area (Å²) in [6, 6.07) is 4.15. The summed E-state index contributed by atoms with van der Waals surface area (Å²) in [5.74, 6) is 1.52. The molecule has 2 heterocycles. The number of nitrogens with zero attached hydrogens (tertiary/aromatic N) is 4. The van der Waals surface area contributed by atoms with Gasteiger partial charge in [0.2, 0.25) is 5.91 Å². The second kappa shape index (κ2) is 9.01. The lowest BCUT2D eigenvalue weighted by molar-refractivity contribution is -0.132. The van der Waals surface area contributed by atoms with E-state index in [-0.39, 0.29) is 6.03 Å². The summed E-state index contributed by atoms with van der Waals surface area (Å²) in [4.78, 5) is 35.4. The van der Waals surface area contributed by atoms with Crippen LogP contribution in [0.2, 0.25) is 0 Å². The van der Waals surface area contributed by atoms with Crippen LogP contribution >= 0.6 is 0 Å². The van der Waals surface area contributed by atoms with E-state index in [9.17, 15) is 9.59 Å². The monoisotopic (exact) mass is 399 g/mol. The first-order valence-corrected chi connectivity index (χ1v) is 11.2. The van der Waals surface area contributed by atoms with Crippen molar-refractivity contribution in [2.24, 2.45) is 5.92 Å². The number of amides is 3. The van der Waals surface area contributed by atoms with Gasteiger partial charge in [0.25, 0.3) is 0 Å². The van der Waals surface area contributed by atoms with E-state index in [0.717, 1.165) is 63.4 Å². The van der Waals surface area contributed by atoms with Crippen molar-refractivity contribution < 1.29 is 9.59 Å². The van der Waals surface area contributed by atoms with E-state index in [4.69, 9.17) is 0 Å². The van der Waals surface area contributed by atoms with Crippen molar-refractivity contribution in [1.82, 2.24) is 14.8 Å². The third-order valence-electron chi connectivity index (χ3n) is 6.53. The van der Waals surface area contributed by atoms with Gasteiger partial charge in [0, 0.05) is 45.2 Å². The molecule has 0 atom stereocenters. The summed E-state index contributed by atoms with van der Waals surface area (Å²) in [5.41, 5.74) is 0.724. The summed E-state index contributed by atoms with van der Waals surface area (Å²) in [6.45, 7) is 3.15. The molecule has 0 bridgehead atoms. The average Bonchev–Trinajstić information content (AvgIpc) is 3.61. The molecule has 29 heavy (non-hydrogen) atoms. The molecule has 4 rings (SSSR count). The van der Waals surface area contributed by atoms with Crippen molar-refractivity contribution in [2.45, 2.75) is 57.4 Å². The summed E-state index contributed by atoms with van der Waals surface area (Å²) < 4.78 is 0. The van der Waals surface area contributed by atoms with Crippen LogP contribution in [0.5, 0.6) is 0 Å². The highest BCUT2D eigenvalue weighted by molar-refractivity contribution is 5.89. The van der Waals surface area contributed by atoms with Crippen molar-refractivity contribution >= 4 is 23.4 Å². The first kappa shape index (κ1) is 20.0. The maximum atomic E-state index is 12.6.